The van der Waals surface area contributed by atoms with Crippen LogP contribution in [0.3, 0.4) is 0 Å². The van der Waals surface area contributed by atoms with E-state index in [-0.39, 0.29) is 11.9 Å². The van der Waals surface area contributed by atoms with Gasteiger partial charge in [0, 0.05) is 25.7 Å². The smallest absolute Gasteiger partial charge is 0.273 e. The molecule has 1 unspecified atom stereocenters. The van der Waals surface area contributed by atoms with Crippen molar-refractivity contribution < 1.29 is 13.9 Å². The Balaban J connectivity index is 1.50. The Morgan fingerprint density at radius 2 is 1.65 bits per heavy atom. The SMILES string of the molecule is CC(c1ccccc1)N(Cc1cccc(Oc2ccccc2)c1)Cc1nc(C(=O)NCCN(C)C)co1. The van der Waals surface area contributed by atoms with Gasteiger partial charge in [0.15, 0.2) is 5.69 Å². The lowest BCUT2D eigenvalue weighted by atomic mass is 10.1. The first-order valence-corrected chi connectivity index (χ1v) is 12.5. The molecule has 0 saturated carbocycles. The van der Waals surface area contributed by atoms with E-state index in [0.717, 1.165) is 23.6 Å². The number of hydrogen-bond donors (Lipinski definition) is 1. The second-order valence-electron chi connectivity index (χ2n) is 9.24. The molecule has 0 radical (unpaired) electrons. The van der Waals surface area contributed by atoms with Crippen molar-refractivity contribution in [2.75, 3.05) is 27.2 Å². The van der Waals surface area contributed by atoms with Gasteiger partial charge in [-0.05, 0) is 56.4 Å². The lowest BCUT2D eigenvalue weighted by Gasteiger charge is -2.28. The van der Waals surface area contributed by atoms with Gasteiger partial charge in [0.2, 0.25) is 5.89 Å². The maximum Gasteiger partial charge on any atom is 0.273 e. The van der Waals surface area contributed by atoms with E-state index in [9.17, 15) is 4.79 Å². The highest BCUT2D eigenvalue weighted by Gasteiger charge is 2.20. The minimum Gasteiger partial charge on any atom is -0.457 e. The summed E-state index contributed by atoms with van der Waals surface area (Å²) in [4.78, 5) is 21.2. The van der Waals surface area contributed by atoms with Crippen LogP contribution in [0, 0.1) is 0 Å². The summed E-state index contributed by atoms with van der Waals surface area (Å²) >= 11 is 0. The molecule has 7 heteroatoms. The van der Waals surface area contributed by atoms with E-state index in [1.807, 2.05) is 79.7 Å². The highest BCUT2D eigenvalue weighted by atomic mass is 16.5. The zero-order chi connectivity index (χ0) is 26.0. The van der Waals surface area contributed by atoms with Gasteiger partial charge in [0.25, 0.3) is 5.91 Å². The second kappa shape index (κ2) is 12.9. The third-order valence-electron chi connectivity index (χ3n) is 6.06. The summed E-state index contributed by atoms with van der Waals surface area (Å²) in [6, 6.07) is 28.3. The largest absolute Gasteiger partial charge is 0.457 e. The van der Waals surface area contributed by atoms with Crippen LogP contribution in [-0.2, 0) is 13.1 Å². The Labute approximate surface area is 218 Å². The van der Waals surface area contributed by atoms with Gasteiger partial charge in [-0.3, -0.25) is 9.69 Å². The average Bonchev–Trinajstić information content (AvgIpc) is 3.38. The molecule has 0 aliphatic carbocycles. The van der Waals surface area contributed by atoms with Crippen LogP contribution < -0.4 is 10.1 Å². The second-order valence-corrected chi connectivity index (χ2v) is 9.24. The van der Waals surface area contributed by atoms with Gasteiger partial charge < -0.3 is 19.4 Å². The predicted molar refractivity (Wildman–Crippen MR) is 144 cm³/mol. The Bertz CT molecular complexity index is 1260. The summed E-state index contributed by atoms with van der Waals surface area (Å²) in [6.07, 6.45) is 1.43. The first-order valence-electron chi connectivity index (χ1n) is 12.5. The summed E-state index contributed by atoms with van der Waals surface area (Å²) in [5, 5.41) is 2.88. The van der Waals surface area contributed by atoms with E-state index in [4.69, 9.17) is 9.15 Å². The molecule has 1 amide bonds. The summed E-state index contributed by atoms with van der Waals surface area (Å²) in [5.74, 6) is 1.84. The molecule has 0 saturated heterocycles. The first-order chi connectivity index (χ1) is 18.0. The number of ether oxygens (including phenoxy) is 1. The molecule has 0 aliphatic rings. The maximum absolute atomic E-state index is 12.5. The Morgan fingerprint density at radius 1 is 0.946 bits per heavy atom. The van der Waals surface area contributed by atoms with Crippen LogP contribution in [0.1, 0.15) is 40.5 Å². The Hall–Kier alpha value is -3.94. The molecule has 4 rings (SSSR count). The Morgan fingerprint density at radius 3 is 2.38 bits per heavy atom. The van der Waals surface area contributed by atoms with Crippen molar-refractivity contribution in [1.82, 2.24) is 20.1 Å². The molecule has 0 fully saturated rings. The van der Waals surface area contributed by atoms with E-state index in [1.165, 1.54) is 11.8 Å². The van der Waals surface area contributed by atoms with E-state index >= 15 is 0 Å². The average molecular weight is 499 g/mol. The van der Waals surface area contributed by atoms with Crippen LogP contribution in [0.15, 0.2) is 95.6 Å². The number of benzene rings is 3. The van der Waals surface area contributed by atoms with E-state index in [0.29, 0.717) is 31.2 Å². The number of carbonyl (C=O) groups excluding carboxylic acids is 1. The number of amides is 1. The number of hydrogen-bond acceptors (Lipinski definition) is 6. The maximum atomic E-state index is 12.5. The number of aromatic nitrogens is 1. The molecular formula is C30H34N4O3. The van der Waals surface area contributed by atoms with Crippen LogP contribution in [0.2, 0.25) is 0 Å². The van der Waals surface area contributed by atoms with Crippen LogP contribution in [0.25, 0.3) is 0 Å². The standard InChI is InChI=1S/C30H34N4O3/c1-23(25-12-6-4-7-13-25)34(21-29-32-28(22-36-29)30(35)31-17-18-33(2)3)20-24-11-10-16-27(19-24)37-26-14-8-5-9-15-26/h4-16,19,22-23H,17-18,20-21H2,1-3H3,(H,31,35). The number of nitrogens with zero attached hydrogens (tertiary/aromatic N) is 3. The van der Waals surface area contributed by atoms with Crippen molar-refractivity contribution >= 4 is 5.91 Å². The van der Waals surface area contributed by atoms with Crippen molar-refractivity contribution in [3.8, 4) is 11.5 Å². The molecule has 3 aromatic carbocycles. The molecule has 4 aromatic rings. The molecule has 192 valence electrons. The topological polar surface area (TPSA) is 70.8 Å². The van der Waals surface area contributed by atoms with E-state index in [1.54, 1.807) is 0 Å². The van der Waals surface area contributed by atoms with Gasteiger partial charge in [-0.15, -0.1) is 0 Å². The van der Waals surface area contributed by atoms with Crippen LogP contribution in [0.4, 0.5) is 0 Å². The monoisotopic (exact) mass is 498 g/mol. The number of nitrogens with one attached hydrogen (secondary N) is 1. The van der Waals surface area contributed by atoms with E-state index < -0.39 is 0 Å². The molecule has 1 aromatic heterocycles. The van der Waals surface area contributed by atoms with E-state index in [2.05, 4.69) is 46.4 Å². The number of oxazole rings is 1. The highest BCUT2D eigenvalue weighted by Crippen LogP contribution is 2.27. The highest BCUT2D eigenvalue weighted by molar-refractivity contribution is 5.91. The van der Waals surface area contributed by atoms with Crippen LogP contribution >= 0.6 is 0 Å². The summed E-state index contributed by atoms with van der Waals surface area (Å²) in [5.41, 5.74) is 2.58. The zero-order valence-electron chi connectivity index (χ0n) is 21.6. The normalized spacial score (nSPS) is 12.0. The molecule has 0 spiro atoms. The van der Waals surface area contributed by atoms with Gasteiger partial charge >= 0.3 is 0 Å². The van der Waals surface area contributed by atoms with Crippen LogP contribution in [-0.4, -0.2) is 47.9 Å². The zero-order valence-corrected chi connectivity index (χ0v) is 21.6. The minimum atomic E-state index is -0.231. The summed E-state index contributed by atoms with van der Waals surface area (Å²) in [7, 11) is 3.93. The predicted octanol–water partition coefficient (Wildman–Crippen LogP) is 5.52. The summed E-state index contributed by atoms with van der Waals surface area (Å²) < 4.78 is 11.8. The minimum absolute atomic E-state index is 0.0872. The fourth-order valence-corrected chi connectivity index (χ4v) is 3.98. The molecule has 1 heterocycles. The third kappa shape index (κ3) is 7.77. The number of rotatable bonds is 12. The van der Waals surface area contributed by atoms with Gasteiger partial charge in [-0.1, -0.05) is 60.7 Å². The van der Waals surface area contributed by atoms with Gasteiger partial charge in [-0.25, -0.2) is 4.98 Å². The van der Waals surface area contributed by atoms with Gasteiger partial charge in [-0.2, -0.15) is 0 Å². The van der Waals surface area contributed by atoms with Crippen molar-refractivity contribution in [3.63, 3.8) is 0 Å². The molecule has 7 nitrogen and oxygen atoms in total. The quantitative estimate of drug-likeness (QED) is 0.277. The fourth-order valence-electron chi connectivity index (χ4n) is 3.98. The van der Waals surface area contributed by atoms with Gasteiger partial charge in [0.05, 0.1) is 6.54 Å². The number of likely N-dealkylation sites (N-methyl/N-ethyl adjacent to an activating group) is 1. The molecule has 1 N–H and O–H groups in total. The summed E-state index contributed by atoms with van der Waals surface area (Å²) in [6.45, 7) is 4.56. The third-order valence-corrected chi connectivity index (χ3v) is 6.06. The molecule has 37 heavy (non-hydrogen) atoms. The number of carbonyl (C=O) groups is 1. The van der Waals surface area contributed by atoms with Crippen molar-refractivity contribution in [2.45, 2.75) is 26.1 Å². The first kappa shape index (κ1) is 26.1. The van der Waals surface area contributed by atoms with Crippen molar-refractivity contribution in [2.24, 2.45) is 0 Å². The van der Waals surface area contributed by atoms with Crippen LogP contribution in [0.5, 0.6) is 11.5 Å². The molecule has 0 aliphatic heterocycles. The molecule has 1 atom stereocenters. The van der Waals surface area contributed by atoms with Crippen molar-refractivity contribution in [3.05, 3.63) is 114 Å². The lowest BCUT2D eigenvalue weighted by Crippen LogP contribution is -2.31. The van der Waals surface area contributed by atoms with Gasteiger partial charge in [0.1, 0.15) is 17.8 Å². The lowest BCUT2D eigenvalue weighted by molar-refractivity contribution is 0.0946. The van der Waals surface area contributed by atoms with Crippen molar-refractivity contribution in [1.29, 1.82) is 0 Å². The Kier molecular flexibility index (Phi) is 9.08. The fraction of sp³-hybridized carbons (Fsp3) is 0.267. The molecule has 0 bridgehead atoms. The number of para-hydroxylation sites is 1. The molecular weight excluding hydrogens is 464 g/mol.